The van der Waals surface area contributed by atoms with Crippen LogP contribution in [0.1, 0.15) is 29.4 Å². The molecule has 1 unspecified atom stereocenters. The quantitative estimate of drug-likeness (QED) is 0.342. The van der Waals surface area contributed by atoms with E-state index in [9.17, 15) is 9.59 Å². The van der Waals surface area contributed by atoms with Crippen molar-refractivity contribution in [3.8, 4) is 5.75 Å². The van der Waals surface area contributed by atoms with Gasteiger partial charge in [0.15, 0.2) is 0 Å². The first-order valence-corrected chi connectivity index (χ1v) is 13.5. The number of methoxy groups -OCH3 is 1. The molecule has 3 amide bonds. The third kappa shape index (κ3) is 5.34. The maximum Gasteiger partial charge on any atom is 0.322 e. The Kier molecular flexibility index (Phi) is 7.46. The van der Waals surface area contributed by atoms with Gasteiger partial charge in [0.25, 0.3) is 5.91 Å². The normalized spacial score (nSPS) is 15.7. The first-order chi connectivity index (χ1) is 18.0. The van der Waals surface area contributed by atoms with E-state index in [4.69, 9.17) is 4.74 Å². The Bertz CT molecular complexity index is 1380. The highest BCUT2D eigenvalue weighted by Crippen LogP contribution is 2.28. The highest BCUT2D eigenvalue weighted by molar-refractivity contribution is 7.16. The van der Waals surface area contributed by atoms with Crippen LogP contribution >= 0.6 is 11.3 Å². The zero-order valence-electron chi connectivity index (χ0n) is 21.2. The van der Waals surface area contributed by atoms with Crippen LogP contribution in [0.3, 0.4) is 0 Å². The Hall–Kier alpha value is -3.78. The van der Waals surface area contributed by atoms with E-state index in [1.54, 1.807) is 23.3 Å². The summed E-state index contributed by atoms with van der Waals surface area (Å²) in [5, 5.41) is 6.14. The molecule has 5 rings (SSSR count). The number of hydrogen-bond acceptors (Lipinski definition) is 4. The van der Waals surface area contributed by atoms with E-state index in [0.717, 1.165) is 35.3 Å². The van der Waals surface area contributed by atoms with Crippen LogP contribution in [0.15, 0.2) is 72.1 Å². The fraction of sp³-hybridized carbons (Fsp3) is 0.310. The number of hydrogen-bond donors (Lipinski definition) is 1. The van der Waals surface area contributed by atoms with E-state index in [-0.39, 0.29) is 18.0 Å². The van der Waals surface area contributed by atoms with E-state index >= 15 is 0 Å². The molecule has 2 aromatic carbocycles. The van der Waals surface area contributed by atoms with Gasteiger partial charge in [-0.3, -0.25) is 4.79 Å². The number of ether oxygens (including phenoxy) is 1. The minimum atomic E-state index is -0.186. The largest absolute Gasteiger partial charge is 0.495 e. The van der Waals surface area contributed by atoms with Gasteiger partial charge >= 0.3 is 6.03 Å². The molecule has 2 aromatic heterocycles. The number of rotatable bonds is 7. The van der Waals surface area contributed by atoms with Crippen molar-refractivity contribution in [3.05, 3.63) is 83.4 Å². The summed E-state index contributed by atoms with van der Waals surface area (Å²) in [6, 6.07) is 21.6. The zero-order valence-corrected chi connectivity index (χ0v) is 22.0. The van der Waals surface area contributed by atoms with Crippen molar-refractivity contribution in [1.82, 2.24) is 14.4 Å². The van der Waals surface area contributed by atoms with Gasteiger partial charge in [-0.1, -0.05) is 42.5 Å². The van der Waals surface area contributed by atoms with Crippen LogP contribution in [-0.4, -0.2) is 59.1 Å². The molecule has 1 saturated heterocycles. The Morgan fingerprint density at radius 2 is 1.84 bits per heavy atom. The number of aromatic nitrogens is 1. The highest BCUT2D eigenvalue weighted by Gasteiger charge is 2.32. The Labute approximate surface area is 221 Å². The van der Waals surface area contributed by atoms with E-state index < -0.39 is 0 Å². The number of thiophene rings is 1. The van der Waals surface area contributed by atoms with Crippen molar-refractivity contribution in [1.29, 1.82) is 0 Å². The second-order valence-corrected chi connectivity index (χ2v) is 10.3. The van der Waals surface area contributed by atoms with Gasteiger partial charge in [-0.25, -0.2) is 4.79 Å². The summed E-state index contributed by atoms with van der Waals surface area (Å²) in [6.07, 6.45) is 1.93. The molecular weight excluding hydrogens is 484 g/mol. The number of anilines is 1. The number of para-hydroxylation sites is 2. The molecule has 37 heavy (non-hydrogen) atoms. The predicted octanol–water partition coefficient (Wildman–Crippen LogP) is 5.72. The molecule has 7 nitrogen and oxygen atoms in total. The lowest BCUT2D eigenvalue weighted by atomic mass is 10.1. The Morgan fingerprint density at radius 1 is 1.05 bits per heavy atom. The number of aryl methyl sites for hydroxylation is 2. The van der Waals surface area contributed by atoms with Crippen molar-refractivity contribution in [2.75, 3.05) is 32.1 Å². The molecule has 4 aromatic rings. The second-order valence-electron chi connectivity index (χ2n) is 9.38. The number of nitrogens with one attached hydrogen (secondary N) is 1. The molecule has 192 valence electrons. The molecular formula is C29H32N4O3S. The van der Waals surface area contributed by atoms with Crippen LogP contribution in [0.25, 0.3) is 10.2 Å². The molecule has 0 saturated carbocycles. The van der Waals surface area contributed by atoms with E-state index in [1.165, 1.54) is 5.56 Å². The van der Waals surface area contributed by atoms with Gasteiger partial charge in [-0.15, -0.1) is 11.3 Å². The van der Waals surface area contributed by atoms with Crippen LogP contribution < -0.4 is 10.1 Å². The topological polar surface area (TPSA) is 66.8 Å². The van der Waals surface area contributed by atoms with Gasteiger partial charge in [0.2, 0.25) is 0 Å². The van der Waals surface area contributed by atoms with Crippen molar-refractivity contribution in [3.63, 3.8) is 0 Å². The number of carbonyl (C=O) groups is 2. The van der Waals surface area contributed by atoms with Crippen molar-refractivity contribution in [2.45, 2.75) is 32.4 Å². The lowest BCUT2D eigenvalue weighted by Gasteiger charge is -2.39. The van der Waals surface area contributed by atoms with Gasteiger partial charge in [0.1, 0.15) is 16.3 Å². The summed E-state index contributed by atoms with van der Waals surface area (Å²) in [5.74, 6) is 0.644. The number of carbonyl (C=O) groups excluding carboxylic acids is 2. The smallest absolute Gasteiger partial charge is 0.322 e. The SMILES string of the molecule is COc1ccccc1NC(=O)N1CCN(C(=O)c2cc3ccsc3n2CCCc2ccccc2)CC1C. The van der Waals surface area contributed by atoms with Crippen LogP contribution in [0.5, 0.6) is 5.75 Å². The maximum absolute atomic E-state index is 13.7. The zero-order chi connectivity index (χ0) is 25.8. The lowest BCUT2D eigenvalue weighted by Crippen LogP contribution is -2.56. The maximum atomic E-state index is 13.7. The monoisotopic (exact) mass is 516 g/mol. The first kappa shape index (κ1) is 24.9. The number of urea groups is 1. The van der Waals surface area contributed by atoms with Crippen molar-refractivity contribution < 1.29 is 14.3 Å². The molecule has 1 atom stereocenters. The average Bonchev–Trinajstić information content (AvgIpc) is 3.51. The summed E-state index contributed by atoms with van der Waals surface area (Å²) < 4.78 is 7.53. The number of benzene rings is 2. The molecule has 1 aliphatic rings. The Morgan fingerprint density at radius 3 is 2.62 bits per heavy atom. The summed E-state index contributed by atoms with van der Waals surface area (Å²) in [7, 11) is 1.58. The van der Waals surface area contributed by atoms with Crippen molar-refractivity contribution in [2.24, 2.45) is 0 Å². The van der Waals surface area contributed by atoms with Crippen LogP contribution in [0.4, 0.5) is 10.5 Å². The minimum absolute atomic E-state index is 0.0275. The van der Waals surface area contributed by atoms with E-state index in [2.05, 4.69) is 45.6 Å². The summed E-state index contributed by atoms with van der Waals surface area (Å²) in [5.41, 5.74) is 2.67. The lowest BCUT2D eigenvalue weighted by molar-refractivity contribution is 0.0582. The number of fused-ring (bicyclic) bond motifs is 1. The highest BCUT2D eigenvalue weighted by atomic mass is 32.1. The molecule has 1 aliphatic heterocycles. The third-order valence-corrected chi connectivity index (χ3v) is 7.89. The van der Waals surface area contributed by atoms with Gasteiger partial charge in [0.05, 0.1) is 12.8 Å². The van der Waals surface area contributed by atoms with Gasteiger partial charge in [-0.05, 0) is 55.0 Å². The Balaban J connectivity index is 1.25. The van der Waals surface area contributed by atoms with Crippen LogP contribution in [0, 0.1) is 0 Å². The summed E-state index contributed by atoms with van der Waals surface area (Å²) in [4.78, 5) is 31.5. The van der Waals surface area contributed by atoms with Crippen LogP contribution in [-0.2, 0) is 13.0 Å². The molecule has 0 radical (unpaired) electrons. The standard InChI is InChI=1S/C29H32N4O3S/c1-21-20-31(16-17-32(21)29(35)30-24-12-6-7-13-26(24)36-2)27(34)25-19-23-14-18-37-28(23)33(25)15-8-11-22-9-4-3-5-10-22/h3-7,9-10,12-14,18-19,21H,8,11,15-17,20H2,1-2H3,(H,30,35). The molecule has 1 fully saturated rings. The minimum Gasteiger partial charge on any atom is -0.495 e. The molecule has 3 heterocycles. The number of amides is 3. The summed E-state index contributed by atoms with van der Waals surface area (Å²) >= 11 is 1.67. The van der Waals surface area contributed by atoms with E-state index in [1.807, 2.05) is 48.2 Å². The van der Waals surface area contributed by atoms with E-state index in [0.29, 0.717) is 31.1 Å². The van der Waals surface area contributed by atoms with Gasteiger partial charge < -0.3 is 24.4 Å². The van der Waals surface area contributed by atoms with Gasteiger partial charge in [0, 0.05) is 37.6 Å². The molecule has 0 aliphatic carbocycles. The molecule has 1 N–H and O–H groups in total. The average molecular weight is 517 g/mol. The third-order valence-electron chi connectivity index (χ3n) is 6.94. The summed E-state index contributed by atoms with van der Waals surface area (Å²) in [6.45, 7) is 4.22. The molecule has 0 bridgehead atoms. The molecule has 8 heteroatoms. The first-order valence-electron chi connectivity index (χ1n) is 12.7. The molecule has 0 spiro atoms. The van der Waals surface area contributed by atoms with Crippen molar-refractivity contribution >= 4 is 39.2 Å². The van der Waals surface area contributed by atoms with Gasteiger partial charge in [-0.2, -0.15) is 0 Å². The fourth-order valence-electron chi connectivity index (χ4n) is 5.00. The number of nitrogens with zero attached hydrogens (tertiary/aromatic N) is 3. The number of piperazine rings is 1. The van der Waals surface area contributed by atoms with Crippen LogP contribution in [0.2, 0.25) is 0 Å². The second kappa shape index (κ2) is 11.1. The fourth-order valence-corrected chi connectivity index (χ4v) is 5.92. The predicted molar refractivity (Wildman–Crippen MR) is 149 cm³/mol.